The topological polar surface area (TPSA) is 72.2 Å². The van der Waals surface area contributed by atoms with E-state index in [2.05, 4.69) is 5.10 Å². The minimum Gasteiger partial charge on any atom is -0.476 e. The first-order chi connectivity index (χ1) is 6.61. The average molecular weight is 194 g/mol. The molecule has 0 atom stereocenters. The summed E-state index contributed by atoms with van der Waals surface area (Å²) in [5, 5.41) is 12.7. The number of fused-ring (bicyclic) bond motifs is 1. The van der Waals surface area contributed by atoms with Gasteiger partial charge in [-0.3, -0.25) is 9.48 Å². The fraction of sp³-hybridized carbons (Fsp3) is 0.444. The highest BCUT2D eigenvalue weighted by Gasteiger charge is 2.28. The minimum absolute atomic E-state index is 0.100. The molecule has 5 nitrogen and oxygen atoms in total. The van der Waals surface area contributed by atoms with E-state index in [4.69, 9.17) is 5.11 Å². The lowest BCUT2D eigenvalue weighted by atomic mass is 9.94. The summed E-state index contributed by atoms with van der Waals surface area (Å²) < 4.78 is 1.50. The van der Waals surface area contributed by atoms with Gasteiger partial charge < -0.3 is 5.11 Å². The minimum atomic E-state index is -1.13. The number of carbonyl (C=O) groups is 2. The predicted molar refractivity (Wildman–Crippen MR) is 47.4 cm³/mol. The number of aryl methyl sites for hydroxylation is 1. The summed E-state index contributed by atoms with van der Waals surface area (Å²) in [6.07, 6.45) is 1.95. The van der Waals surface area contributed by atoms with E-state index in [1.807, 2.05) is 0 Å². The average Bonchev–Trinajstić information content (AvgIpc) is 2.46. The Bertz CT molecular complexity index is 420. The van der Waals surface area contributed by atoms with E-state index in [1.54, 1.807) is 7.05 Å². The third-order valence-corrected chi connectivity index (χ3v) is 2.46. The zero-order chi connectivity index (χ0) is 10.3. The molecule has 0 radical (unpaired) electrons. The van der Waals surface area contributed by atoms with Gasteiger partial charge in [0.1, 0.15) is 0 Å². The molecular weight excluding hydrogens is 184 g/mol. The lowest BCUT2D eigenvalue weighted by Gasteiger charge is -2.10. The lowest BCUT2D eigenvalue weighted by Crippen LogP contribution is -2.14. The van der Waals surface area contributed by atoms with Crippen LogP contribution in [0.15, 0.2) is 0 Å². The standard InChI is InChI=1S/C9H10N2O3/c1-11-5-3-2-4-6(12)7(5)8(10-11)9(13)14/h2-4H2,1H3,(H,13,14). The van der Waals surface area contributed by atoms with Gasteiger partial charge in [-0.15, -0.1) is 0 Å². The Balaban J connectivity index is 2.65. The summed E-state index contributed by atoms with van der Waals surface area (Å²) in [6.45, 7) is 0. The fourth-order valence-electron chi connectivity index (χ4n) is 1.83. The van der Waals surface area contributed by atoms with E-state index in [0.717, 1.165) is 18.5 Å². The molecule has 5 heteroatoms. The maximum absolute atomic E-state index is 11.5. The lowest BCUT2D eigenvalue weighted by molar-refractivity contribution is 0.0684. The maximum Gasteiger partial charge on any atom is 0.357 e. The molecule has 0 saturated heterocycles. The number of aromatic nitrogens is 2. The number of rotatable bonds is 1. The van der Waals surface area contributed by atoms with Crippen molar-refractivity contribution < 1.29 is 14.7 Å². The molecule has 0 amide bonds. The third kappa shape index (κ3) is 1.13. The summed E-state index contributed by atoms with van der Waals surface area (Å²) in [7, 11) is 1.67. The Morgan fingerprint density at radius 1 is 1.50 bits per heavy atom. The molecule has 1 heterocycles. The van der Waals surface area contributed by atoms with Crippen LogP contribution in [-0.2, 0) is 13.5 Å². The molecule has 1 aliphatic carbocycles. The molecule has 2 rings (SSSR count). The summed E-state index contributed by atoms with van der Waals surface area (Å²) in [5.41, 5.74) is 0.956. The quantitative estimate of drug-likeness (QED) is 0.711. The van der Waals surface area contributed by atoms with Gasteiger partial charge in [-0.25, -0.2) is 4.79 Å². The molecule has 1 aromatic rings. The first-order valence-corrected chi connectivity index (χ1v) is 4.43. The Hall–Kier alpha value is -1.65. The van der Waals surface area contributed by atoms with Gasteiger partial charge in [0.15, 0.2) is 11.5 Å². The van der Waals surface area contributed by atoms with Crippen LogP contribution in [0.1, 0.15) is 39.4 Å². The molecule has 1 aliphatic rings. The van der Waals surface area contributed by atoms with Crippen molar-refractivity contribution >= 4 is 11.8 Å². The number of aromatic carboxylic acids is 1. The second-order valence-electron chi connectivity index (χ2n) is 3.38. The van der Waals surface area contributed by atoms with Crippen molar-refractivity contribution in [3.05, 3.63) is 17.0 Å². The fourth-order valence-corrected chi connectivity index (χ4v) is 1.83. The van der Waals surface area contributed by atoms with Crippen LogP contribution in [0, 0.1) is 0 Å². The zero-order valence-corrected chi connectivity index (χ0v) is 7.78. The highest BCUT2D eigenvalue weighted by atomic mass is 16.4. The van der Waals surface area contributed by atoms with Crippen molar-refractivity contribution in [3.63, 3.8) is 0 Å². The van der Waals surface area contributed by atoms with Crippen molar-refractivity contribution in [2.24, 2.45) is 7.05 Å². The van der Waals surface area contributed by atoms with Gasteiger partial charge in [-0.1, -0.05) is 0 Å². The number of hydrogen-bond acceptors (Lipinski definition) is 3. The number of carboxylic acid groups (broad SMARTS) is 1. The summed E-state index contributed by atoms with van der Waals surface area (Å²) in [4.78, 5) is 22.3. The van der Waals surface area contributed by atoms with Gasteiger partial charge in [0.05, 0.1) is 5.56 Å². The Morgan fingerprint density at radius 2 is 2.21 bits per heavy atom. The van der Waals surface area contributed by atoms with E-state index in [0.29, 0.717) is 12.0 Å². The van der Waals surface area contributed by atoms with Crippen LogP contribution < -0.4 is 0 Å². The van der Waals surface area contributed by atoms with E-state index in [9.17, 15) is 9.59 Å². The van der Waals surface area contributed by atoms with Crippen LogP contribution in [0.5, 0.6) is 0 Å². The molecule has 74 valence electrons. The molecule has 14 heavy (non-hydrogen) atoms. The molecule has 0 unspecified atom stereocenters. The number of hydrogen-bond donors (Lipinski definition) is 1. The van der Waals surface area contributed by atoms with Gasteiger partial charge in [0.2, 0.25) is 0 Å². The molecule has 0 spiro atoms. The molecule has 0 fully saturated rings. The maximum atomic E-state index is 11.5. The van der Waals surface area contributed by atoms with Crippen LogP contribution in [-0.4, -0.2) is 26.6 Å². The molecule has 0 saturated carbocycles. The molecule has 1 aromatic heterocycles. The Morgan fingerprint density at radius 3 is 2.86 bits per heavy atom. The van der Waals surface area contributed by atoms with E-state index < -0.39 is 5.97 Å². The normalized spacial score (nSPS) is 15.4. The molecule has 0 aromatic carbocycles. The van der Waals surface area contributed by atoms with Crippen LogP contribution in [0.2, 0.25) is 0 Å². The zero-order valence-electron chi connectivity index (χ0n) is 7.78. The monoisotopic (exact) mass is 194 g/mol. The smallest absolute Gasteiger partial charge is 0.357 e. The SMILES string of the molecule is Cn1nc(C(=O)O)c2c1CCCC2=O. The molecular formula is C9H10N2O3. The summed E-state index contributed by atoms with van der Waals surface area (Å²) >= 11 is 0. The molecule has 0 aliphatic heterocycles. The second-order valence-corrected chi connectivity index (χ2v) is 3.38. The Labute approximate surface area is 80.3 Å². The highest BCUT2D eigenvalue weighted by Crippen LogP contribution is 2.23. The van der Waals surface area contributed by atoms with Gasteiger partial charge in [0, 0.05) is 19.2 Å². The number of carboxylic acids is 1. The largest absolute Gasteiger partial charge is 0.476 e. The molecule has 0 bridgehead atoms. The Kier molecular flexibility index (Phi) is 1.87. The third-order valence-electron chi connectivity index (χ3n) is 2.46. The number of Topliss-reactive ketones (excluding diaryl/α,β-unsaturated/α-hetero) is 1. The number of nitrogens with zero attached hydrogens (tertiary/aromatic N) is 2. The van der Waals surface area contributed by atoms with Gasteiger partial charge >= 0.3 is 5.97 Å². The van der Waals surface area contributed by atoms with E-state index in [1.165, 1.54) is 4.68 Å². The highest BCUT2D eigenvalue weighted by molar-refractivity contribution is 6.06. The van der Waals surface area contributed by atoms with Gasteiger partial charge in [-0.05, 0) is 12.8 Å². The first-order valence-electron chi connectivity index (χ1n) is 4.43. The number of ketones is 1. The van der Waals surface area contributed by atoms with E-state index in [-0.39, 0.29) is 11.5 Å². The van der Waals surface area contributed by atoms with Gasteiger partial charge in [-0.2, -0.15) is 5.10 Å². The molecule has 1 N–H and O–H groups in total. The van der Waals surface area contributed by atoms with Crippen LogP contribution in [0.25, 0.3) is 0 Å². The summed E-state index contributed by atoms with van der Waals surface area (Å²) in [6, 6.07) is 0. The summed E-state index contributed by atoms with van der Waals surface area (Å²) in [5.74, 6) is -1.23. The van der Waals surface area contributed by atoms with Crippen molar-refractivity contribution in [2.75, 3.05) is 0 Å². The van der Waals surface area contributed by atoms with Crippen molar-refractivity contribution in [1.29, 1.82) is 0 Å². The van der Waals surface area contributed by atoms with Gasteiger partial charge in [0.25, 0.3) is 0 Å². The van der Waals surface area contributed by atoms with Crippen molar-refractivity contribution in [1.82, 2.24) is 9.78 Å². The predicted octanol–water partition coefficient (Wildman–Crippen LogP) is 0.637. The van der Waals surface area contributed by atoms with Crippen molar-refractivity contribution in [3.8, 4) is 0 Å². The van der Waals surface area contributed by atoms with Crippen molar-refractivity contribution in [2.45, 2.75) is 19.3 Å². The van der Waals surface area contributed by atoms with E-state index >= 15 is 0 Å². The van der Waals surface area contributed by atoms with Crippen LogP contribution >= 0.6 is 0 Å². The number of carbonyl (C=O) groups excluding carboxylic acids is 1. The second kappa shape index (κ2) is 2.94. The van der Waals surface area contributed by atoms with Crippen LogP contribution in [0.3, 0.4) is 0 Å². The first kappa shape index (κ1) is 8.93. The van der Waals surface area contributed by atoms with Crippen LogP contribution in [0.4, 0.5) is 0 Å².